The number of likely N-dealkylation sites (tertiary alicyclic amines) is 1. The molecule has 6 nitrogen and oxygen atoms in total. The van der Waals surface area contributed by atoms with E-state index in [0.29, 0.717) is 62.6 Å². The maximum Gasteiger partial charge on any atom is 0.222 e. The Morgan fingerprint density at radius 3 is 2.63 bits per heavy atom. The number of carbonyl (C=O) groups is 1. The van der Waals surface area contributed by atoms with E-state index in [1.54, 1.807) is 12.1 Å². The van der Waals surface area contributed by atoms with E-state index in [4.69, 9.17) is 16.3 Å². The van der Waals surface area contributed by atoms with Crippen LogP contribution in [0.2, 0.25) is 5.02 Å². The third-order valence-electron chi connectivity index (χ3n) is 4.59. The topological polar surface area (TPSA) is 75.7 Å². The molecular formula is C19H29ClN2O4S. The first-order valence-corrected chi connectivity index (χ1v) is 11.6. The molecule has 0 bridgehead atoms. The molecule has 152 valence electrons. The number of unbranched alkanes of at least 4 members (excludes halogenated alkanes) is 1. The second-order valence-corrected chi connectivity index (χ2v) is 9.11. The molecule has 27 heavy (non-hydrogen) atoms. The molecule has 0 unspecified atom stereocenters. The lowest BCUT2D eigenvalue weighted by Crippen LogP contribution is -2.47. The van der Waals surface area contributed by atoms with E-state index in [2.05, 4.69) is 4.72 Å². The standard InChI is InChI=1S/C19H29ClN2O4S/c1-2-3-15-27(24,25)21-16-10-12-22(13-11-16)19(23)9-6-14-26-18-8-5-4-7-17(18)20/h4-5,7-8,16,21H,2-3,6,9-15H2,1H3. The van der Waals surface area contributed by atoms with Crippen LogP contribution in [-0.2, 0) is 14.8 Å². The number of hydrogen-bond donors (Lipinski definition) is 1. The third kappa shape index (κ3) is 7.68. The lowest BCUT2D eigenvalue weighted by molar-refractivity contribution is -0.132. The van der Waals surface area contributed by atoms with Gasteiger partial charge in [0.05, 0.1) is 17.4 Å². The van der Waals surface area contributed by atoms with E-state index in [9.17, 15) is 13.2 Å². The van der Waals surface area contributed by atoms with Crippen molar-refractivity contribution in [2.24, 2.45) is 0 Å². The van der Waals surface area contributed by atoms with Crippen LogP contribution in [0.1, 0.15) is 45.4 Å². The second kappa shape index (κ2) is 10.9. The van der Waals surface area contributed by atoms with Crippen LogP contribution in [0, 0.1) is 0 Å². The number of nitrogens with zero attached hydrogens (tertiary/aromatic N) is 1. The lowest BCUT2D eigenvalue weighted by atomic mass is 10.1. The first-order chi connectivity index (χ1) is 12.9. The van der Waals surface area contributed by atoms with Gasteiger partial charge in [-0.25, -0.2) is 13.1 Å². The predicted molar refractivity (Wildman–Crippen MR) is 108 cm³/mol. The zero-order chi connectivity index (χ0) is 19.7. The fourth-order valence-corrected chi connectivity index (χ4v) is 4.74. The normalized spacial score (nSPS) is 15.7. The molecule has 0 atom stereocenters. The molecule has 1 aliphatic rings. The molecule has 1 amide bonds. The van der Waals surface area contributed by atoms with E-state index in [1.165, 1.54) is 0 Å². The molecule has 8 heteroatoms. The van der Waals surface area contributed by atoms with Gasteiger partial charge in [0.15, 0.2) is 0 Å². The number of ether oxygens (including phenoxy) is 1. The van der Waals surface area contributed by atoms with E-state index < -0.39 is 10.0 Å². The minimum Gasteiger partial charge on any atom is -0.492 e. The first kappa shape index (κ1) is 22.0. The Balaban J connectivity index is 1.65. The highest BCUT2D eigenvalue weighted by Gasteiger charge is 2.25. The summed E-state index contributed by atoms with van der Waals surface area (Å²) in [6.07, 6.45) is 3.88. The van der Waals surface area contributed by atoms with Gasteiger partial charge in [0.2, 0.25) is 15.9 Å². The van der Waals surface area contributed by atoms with Gasteiger partial charge in [-0.3, -0.25) is 4.79 Å². The summed E-state index contributed by atoms with van der Waals surface area (Å²) >= 11 is 6.03. The van der Waals surface area contributed by atoms with Crippen molar-refractivity contribution in [1.82, 2.24) is 9.62 Å². The van der Waals surface area contributed by atoms with Gasteiger partial charge in [0.25, 0.3) is 0 Å². The van der Waals surface area contributed by atoms with Gasteiger partial charge in [-0.2, -0.15) is 0 Å². The number of halogens is 1. The molecule has 0 saturated carbocycles. The fourth-order valence-electron chi connectivity index (χ4n) is 3.02. The molecule has 1 saturated heterocycles. The highest BCUT2D eigenvalue weighted by molar-refractivity contribution is 7.89. The summed E-state index contributed by atoms with van der Waals surface area (Å²) < 4.78 is 32.3. The Kier molecular flexibility index (Phi) is 8.86. The molecule has 1 fully saturated rings. The molecule has 0 spiro atoms. The molecule has 1 heterocycles. The zero-order valence-electron chi connectivity index (χ0n) is 15.8. The van der Waals surface area contributed by atoms with Gasteiger partial charge in [-0.1, -0.05) is 37.1 Å². The number of hydrogen-bond acceptors (Lipinski definition) is 4. The molecule has 0 aromatic heterocycles. The number of carbonyl (C=O) groups excluding carboxylic acids is 1. The molecule has 2 rings (SSSR count). The Hall–Kier alpha value is -1.31. The van der Waals surface area contributed by atoms with E-state index in [0.717, 1.165) is 6.42 Å². The Morgan fingerprint density at radius 1 is 1.26 bits per heavy atom. The average molecular weight is 417 g/mol. The highest BCUT2D eigenvalue weighted by atomic mass is 35.5. The number of para-hydroxylation sites is 1. The molecule has 1 aromatic rings. The molecule has 1 aliphatic heterocycles. The van der Waals surface area contributed by atoms with Gasteiger partial charge in [-0.05, 0) is 37.8 Å². The van der Waals surface area contributed by atoms with Crippen LogP contribution >= 0.6 is 11.6 Å². The largest absolute Gasteiger partial charge is 0.492 e. The number of piperidine rings is 1. The van der Waals surface area contributed by atoms with Crippen LogP contribution in [0.5, 0.6) is 5.75 Å². The summed E-state index contributed by atoms with van der Waals surface area (Å²) in [6.45, 7) is 3.58. The second-order valence-electron chi connectivity index (χ2n) is 6.83. The van der Waals surface area contributed by atoms with Gasteiger partial charge in [0.1, 0.15) is 5.75 Å². The molecule has 1 aromatic carbocycles. The SMILES string of the molecule is CCCCS(=O)(=O)NC1CCN(C(=O)CCCOc2ccccc2Cl)CC1. The number of sulfonamides is 1. The van der Waals surface area contributed by atoms with Crippen LogP contribution in [0.25, 0.3) is 0 Å². The first-order valence-electron chi connectivity index (χ1n) is 9.56. The molecule has 0 radical (unpaired) electrons. The number of amides is 1. The maximum absolute atomic E-state index is 12.3. The summed E-state index contributed by atoms with van der Waals surface area (Å²) in [7, 11) is -3.21. The Morgan fingerprint density at radius 2 is 1.96 bits per heavy atom. The maximum atomic E-state index is 12.3. The van der Waals surface area contributed by atoms with Gasteiger partial charge in [0, 0.05) is 25.6 Å². The minimum absolute atomic E-state index is 0.0699. The molecule has 0 aliphatic carbocycles. The average Bonchev–Trinajstić information content (AvgIpc) is 2.65. The Bertz CT molecular complexity index is 703. The van der Waals surface area contributed by atoms with Crippen molar-refractivity contribution in [2.45, 2.75) is 51.5 Å². The fraction of sp³-hybridized carbons (Fsp3) is 0.632. The van der Waals surface area contributed by atoms with Crippen molar-refractivity contribution in [1.29, 1.82) is 0 Å². The zero-order valence-corrected chi connectivity index (χ0v) is 17.4. The molecule has 1 N–H and O–H groups in total. The van der Waals surface area contributed by atoms with Gasteiger partial charge in [-0.15, -0.1) is 0 Å². The predicted octanol–water partition coefficient (Wildman–Crippen LogP) is 3.21. The quantitative estimate of drug-likeness (QED) is 0.594. The van der Waals surface area contributed by atoms with Crippen molar-refractivity contribution in [3.8, 4) is 5.75 Å². The van der Waals surface area contributed by atoms with Crippen LogP contribution in [0.15, 0.2) is 24.3 Å². The highest BCUT2D eigenvalue weighted by Crippen LogP contribution is 2.23. The van der Waals surface area contributed by atoms with Gasteiger partial charge < -0.3 is 9.64 Å². The number of nitrogens with one attached hydrogen (secondary N) is 1. The third-order valence-corrected chi connectivity index (χ3v) is 6.42. The number of benzene rings is 1. The van der Waals surface area contributed by atoms with Crippen LogP contribution in [0.3, 0.4) is 0 Å². The summed E-state index contributed by atoms with van der Waals surface area (Å²) in [5.74, 6) is 0.890. The van der Waals surface area contributed by atoms with Crippen LogP contribution in [-0.4, -0.2) is 50.7 Å². The van der Waals surface area contributed by atoms with E-state index in [1.807, 2.05) is 24.0 Å². The summed E-state index contributed by atoms with van der Waals surface area (Å²) in [6, 6.07) is 7.19. The summed E-state index contributed by atoms with van der Waals surface area (Å²) in [5, 5.41) is 0.562. The van der Waals surface area contributed by atoms with E-state index in [-0.39, 0.29) is 17.7 Å². The smallest absolute Gasteiger partial charge is 0.222 e. The Labute approximate surface area is 167 Å². The minimum atomic E-state index is -3.21. The summed E-state index contributed by atoms with van der Waals surface area (Å²) in [5.41, 5.74) is 0. The van der Waals surface area contributed by atoms with Crippen molar-refractivity contribution >= 4 is 27.5 Å². The van der Waals surface area contributed by atoms with Gasteiger partial charge >= 0.3 is 0 Å². The van der Waals surface area contributed by atoms with Crippen molar-refractivity contribution in [3.63, 3.8) is 0 Å². The molecular weight excluding hydrogens is 388 g/mol. The van der Waals surface area contributed by atoms with Crippen molar-refractivity contribution in [3.05, 3.63) is 29.3 Å². The lowest BCUT2D eigenvalue weighted by Gasteiger charge is -2.32. The van der Waals surface area contributed by atoms with Crippen molar-refractivity contribution < 1.29 is 17.9 Å². The summed E-state index contributed by atoms with van der Waals surface area (Å²) in [4.78, 5) is 14.1. The monoisotopic (exact) mass is 416 g/mol. The van der Waals surface area contributed by atoms with Crippen molar-refractivity contribution in [2.75, 3.05) is 25.4 Å². The van der Waals surface area contributed by atoms with E-state index >= 15 is 0 Å². The van der Waals surface area contributed by atoms with Crippen LogP contribution in [0.4, 0.5) is 0 Å². The number of rotatable bonds is 10. The van der Waals surface area contributed by atoms with Crippen LogP contribution < -0.4 is 9.46 Å².